The van der Waals surface area contributed by atoms with Crippen molar-refractivity contribution in [3.05, 3.63) is 107 Å². The van der Waals surface area contributed by atoms with E-state index in [0.717, 1.165) is 17.7 Å². The number of fused-ring (bicyclic) bond motifs is 3. The molecule has 190 valence electrons. The van der Waals surface area contributed by atoms with Crippen molar-refractivity contribution in [3.63, 3.8) is 0 Å². The Morgan fingerprint density at radius 3 is 2.47 bits per heavy atom. The molecule has 0 aliphatic rings. The molecule has 0 spiro atoms. The number of rotatable bonds is 5. The maximum absolute atomic E-state index is 13.7. The fourth-order valence-electron chi connectivity index (χ4n) is 4.42. The molecule has 38 heavy (non-hydrogen) atoms. The van der Waals surface area contributed by atoms with Crippen molar-refractivity contribution >= 4 is 21.9 Å². The summed E-state index contributed by atoms with van der Waals surface area (Å²) in [4.78, 5) is 18.2. The average molecular weight is 515 g/mol. The molecule has 0 amide bonds. The zero-order chi connectivity index (χ0) is 26.4. The molecule has 0 unspecified atom stereocenters. The molecule has 0 aliphatic carbocycles. The second-order valence-corrected chi connectivity index (χ2v) is 8.81. The fraction of sp³-hybridized carbons (Fsp3) is 0.107. The minimum Gasteiger partial charge on any atom is -0.489 e. The van der Waals surface area contributed by atoms with Crippen LogP contribution in [0.1, 0.15) is 11.1 Å². The summed E-state index contributed by atoms with van der Waals surface area (Å²) in [6.45, 7) is 0.400. The molecule has 0 aliphatic heterocycles. The van der Waals surface area contributed by atoms with Crippen LogP contribution in [-0.4, -0.2) is 24.5 Å². The van der Waals surface area contributed by atoms with Crippen LogP contribution < -0.4 is 10.3 Å². The van der Waals surface area contributed by atoms with E-state index in [2.05, 4.69) is 15.2 Å². The van der Waals surface area contributed by atoms with E-state index in [0.29, 0.717) is 34.6 Å². The molecule has 0 saturated heterocycles. The average Bonchev–Trinajstić information content (AvgIpc) is 3.47. The molecule has 0 saturated carbocycles. The van der Waals surface area contributed by atoms with Crippen molar-refractivity contribution in [2.24, 2.45) is 7.05 Å². The Kier molecular flexibility index (Phi) is 5.52. The van der Waals surface area contributed by atoms with E-state index >= 15 is 0 Å². The third kappa shape index (κ3) is 4.09. The van der Waals surface area contributed by atoms with Crippen LogP contribution >= 0.6 is 0 Å². The van der Waals surface area contributed by atoms with E-state index in [9.17, 15) is 18.0 Å². The number of halogens is 3. The van der Waals surface area contributed by atoms with Crippen LogP contribution in [0.25, 0.3) is 38.9 Å². The largest absolute Gasteiger partial charge is 0.489 e. The highest BCUT2D eigenvalue weighted by Crippen LogP contribution is 2.35. The molecule has 0 fully saturated rings. The Labute approximate surface area is 213 Å². The molecular weight excluding hydrogens is 495 g/mol. The number of H-pyrrole nitrogens is 1. The molecule has 3 aromatic heterocycles. The lowest BCUT2D eigenvalue weighted by molar-refractivity contribution is -0.137. The second kappa shape index (κ2) is 8.91. The molecule has 7 nitrogen and oxygen atoms in total. The zero-order valence-electron chi connectivity index (χ0n) is 20.0. The van der Waals surface area contributed by atoms with Crippen LogP contribution in [0.2, 0.25) is 0 Å². The zero-order valence-corrected chi connectivity index (χ0v) is 20.0. The number of benzene rings is 3. The number of hydrogen-bond acceptors (Lipinski definition) is 4. The lowest BCUT2D eigenvalue weighted by Gasteiger charge is -2.09. The number of aromatic amines is 1. The van der Waals surface area contributed by atoms with Gasteiger partial charge in [0.1, 0.15) is 12.4 Å². The molecule has 10 heteroatoms. The highest BCUT2D eigenvalue weighted by Gasteiger charge is 2.31. The summed E-state index contributed by atoms with van der Waals surface area (Å²) in [5.41, 5.74) is 1.49. The van der Waals surface area contributed by atoms with Gasteiger partial charge in [-0.3, -0.25) is 14.6 Å². The van der Waals surface area contributed by atoms with Crippen LogP contribution in [0.4, 0.5) is 13.2 Å². The summed E-state index contributed by atoms with van der Waals surface area (Å²) in [6.07, 6.45) is -2.96. The lowest BCUT2D eigenvalue weighted by Crippen LogP contribution is -2.15. The van der Waals surface area contributed by atoms with Gasteiger partial charge in [0.05, 0.1) is 39.4 Å². The van der Waals surface area contributed by atoms with E-state index in [1.165, 1.54) is 21.5 Å². The molecule has 0 radical (unpaired) electrons. The van der Waals surface area contributed by atoms with Crippen LogP contribution in [0.3, 0.4) is 0 Å². The predicted octanol–water partition coefficient (Wildman–Crippen LogP) is 5.87. The molecular formula is C28H20F3N5O2. The van der Waals surface area contributed by atoms with Gasteiger partial charge in [0.25, 0.3) is 5.56 Å². The summed E-state index contributed by atoms with van der Waals surface area (Å²) in [7, 11) is 1.68. The molecule has 0 bridgehead atoms. The minimum absolute atomic E-state index is 0.144. The molecule has 3 heterocycles. The van der Waals surface area contributed by atoms with Crippen LogP contribution in [0.5, 0.6) is 5.75 Å². The fourth-order valence-corrected chi connectivity index (χ4v) is 4.42. The number of ether oxygens (including phenoxy) is 1. The third-order valence-electron chi connectivity index (χ3n) is 6.33. The number of pyridine rings is 1. The third-order valence-corrected chi connectivity index (χ3v) is 6.33. The van der Waals surface area contributed by atoms with E-state index < -0.39 is 17.3 Å². The van der Waals surface area contributed by atoms with E-state index in [1.807, 2.05) is 30.3 Å². The van der Waals surface area contributed by atoms with E-state index in [1.54, 1.807) is 37.5 Å². The van der Waals surface area contributed by atoms with Crippen LogP contribution in [0.15, 0.2) is 89.9 Å². The number of hydrogen-bond donors (Lipinski definition) is 1. The van der Waals surface area contributed by atoms with Gasteiger partial charge in [-0.15, -0.1) is 0 Å². The topological polar surface area (TPSA) is 77.7 Å². The van der Waals surface area contributed by atoms with Crippen molar-refractivity contribution in [2.75, 3.05) is 0 Å². The highest BCUT2D eigenvalue weighted by atomic mass is 19.4. The maximum Gasteiger partial charge on any atom is 0.416 e. The quantitative estimate of drug-likeness (QED) is 0.312. The Morgan fingerprint density at radius 1 is 0.974 bits per heavy atom. The Balaban J connectivity index is 1.45. The lowest BCUT2D eigenvalue weighted by atomic mass is 10.0. The molecule has 1 N–H and O–H groups in total. The SMILES string of the molecule is Cn1ncc2c3[nH]n(-c4ccc(OCc5ccccc5)cc4)c(=O)c3c(-c3cccc(C(F)(F)F)c3)nc21. The summed E-state index contributed by atoms with van der Waals surface area (Å²) in [6, 6.07) is 21.5. The Hall–Kier alpha value is -4.86. The number of alkyl halides is 3. The van der Waals surface area contributed by atoms with Gasteiger partial charge >= 0.3 is 6.18 Å². The van der Waals surface area contributed by atoms with E-state index in [4.69, 9.17) is 4.74 Å². The van der Waals surface area contributed by atoms with Gasteiger partial charge < -0.3 is 4.74 Å². The first-order valence-corrected chi connectivity index (χ1v) is 11.7. The van der Waals surface area contributed by atoms with Gasteiger partial charge in [-0.25, -0.2) is 9.67 Å². The standard InChI is InChI=1S/C28H20F3N5O2/c1-35-26-22(15-32-35)25-23(24(33-26)18-8-5-9-19(14-18)28(29,30)31)27(37)36(34-25)20-10-12-21(13-11-20)38-16-17-6-3-2-4-7-17/h2-15,34H,16H2,1H3. The van der Waals surface area contributed by atoms with Crippen molar-refractivity contribution in [2.45, 2.75) is 12.8 Å². The first kappa shape index (κ1) is 23.5. The number of nitrogens with zero attached hydrogens (tertiary/aromatic N) is 4. The van der Waals surface area contributed by atoms with Gasteiger partial charge in [-0.1, -0.05) is 42.5 Å². The summed E-state index contributed by atoms with van der Waals surface area (Å²) in [5, 5.41) is 8.10. The number of nitrogens with one attached hydrogen (secondary N) is 1. The van der Waals surface area contributed by atoms with E-state index in [-0.39, 0.29) is 16.6 Å². The first-order valence-electron chi connectivity index (χ1n) is 11.7. The summed E-state index contributed by atoms with van der Waals surface area (Å²) >= 11 is 0. The first-order chi connectivity index (χ1) is 18.3. The monoisotopic (exact) mass is 515 g/mol. The molecule has 3 aromatic carbocycles. The predicted molar refractivity (Wildman–Crippen MR) is 137 cm³/mol. The van der Waals surface area contributed by atoms with Crippen molar-refractivity contribution < 1.29 is 17.9 Å². The summed E-state index contributed by atoms with van der Waals surface area (Å²) < 4.78 is 49.0. The van der Waals surface area contributed by atoms with Crippen LogP contribution in [-0.2, 0) is 19.8 Å². The smallest absolute Gasteiger partial charge is 0.416 e. The molecule has 6 aromatic rings. The van der Waals surface area contributed by atoms with Gasteiger partial charge in [0.15, 0.2) is 5.65 Å². The van der Waals surface area contributed by atoms with Crippen molar-refractivity contribution in [1.82, 2.24) is 24.5 Å². The number of aromatic nitrogens is 5. The second-order valence-electron chi connectivity index (χ2n) is 8.81. The Bertz CT molecular complexity index is 1840. The van der Waals surface area contributed by atoms with Gasteiger partial charge in [-0.05, 0) is 42.0 Å². The van der Waals surface area contributed by atoms with Gasteiger partial charge in [-0.2, -0.15) is 18.3 Å². The highest BCUT2D eigenvalue weighted by molar-refractivity contribution is 6.07. The van der Waals surface area contributed by atoms with Crippen LogP contribution in [0, 0.1) is 0 Å². The Morgan fingerprint density at radius 2 is 1.74 bits per heavy atom. The molecule has 0 atom stereocenters. The summed E-state index contributed by atoms with van der Waals surface area (Å²) in [5.74, 6) is 0.628. The van der Waals surface area contributed by atoms with Crippen molar-refractivity contribution in [1.29, 1.82) is 0 Å². The minimum atomic E-state index is -4.53. The molecule has 6 rings (SSSR count). The number of aryl methyl sites for hydroxylation is 1. The normalized spacial score (nSPS) is 11.9. The maximum atomic E-state index is 13.7. The van der Waals surface area contributed by atoms with Gasteiger partial charge in [0, 0.05) is 12.6 Å². The van der Waals surface area contributed by atoms with Gasteiger partial charge in [0.2, 0.25) is 0 Å². The van der Waals surface area contributed by atoms with Crippen molar-refractivity contribution in [3.8, 4) is 22.7 Å².